The summed E-state index contributed by atoms with van der Waals surface area (Å²) in [5.74, 6) is -4.05. The van der Waals surface area contributed by atoms with Gasteiger partial charge >= 0.3 is 11.9 Å². The monoisotopic (exact) mass is 367 g/mol. The van der Waals surface area contributed by atoms with E-state index in [2.05, 4.69) is 0 Å². The summed E-state index contributed by atoms with van der Waals surface area (Å²) in [5, 5.41) is 0. The van der Waals surface area contributed by atoms with Crippen molar-refractivity contribution < 1.29 is 27.8 Å². The van der Waals surface area contributed by atoms with Gasteiger partial charge in [-0.25, -0.2) is 9.59 Å². The minimum atomic E-state index is -2.57. The number of benzene rings is 1. The van der Waals surface area contributed by atoms with Crippen LogP contribution in [0.3, 0.4) is 0 Å². The number of thioether (sulfide) groups is 1. The molecule has 8 heteroatoms. The molecule has 0 radical (unpaired) electrons. The first-order valence-electron chi connectivity index (χ1n) is 7.07. The Balaban J connectivity index is 2.57. The number of carbonyl (C=O) groups excluding carboxylic acids is 2. The second-order valence-electron chi connectivity index (χ2n) is 4.69. The van der Waals surface area contributed by atoms with Gasteiger partial charge in [-0.05, 0) is 30.4 Å². The van der Waals surface area contributed by atoms with Crippen molar-refractivity contribution in [1.29, 1.82) is 0 Å². The van der Waals surface area contributed by atoms with Crippen LogP contribution in [-0.4, -0.2) is 31.9 Å². The van der Waals surface area contributed by atoms with Gasteiger partial charge in [0.25, 0.3) is 5.76 Å². The molecule has 1 heterocycles. The number of methoxy groups -OCH3 is 2. The van der Waals surface area contributed by atoms with Crippen molar-refractivity contribution in [2.24, 2.45) is 0 Å². The molecule has 1 aromatic rings. The Morgan fingerprint density at radius 2 is 1.84 bits per heavy atom. The summed E-state index contributed by atoms with van der Waals surface area (Å²) < 4.78 is 34.7. The molecule has 0 atom stereocenters. The molecule has 132 valence electrons. The molecule has 0 aromatic heterocycles. The minimum absolute atomic E-state index is 0.00809. The lowest BCUT2D eigenvalue weighted by Gasteiger charge is -2.23. The highest BCUT2D eigenvalue weighted by Gasteiger charge is 2.27. The topological polar surface area (TPSA) is 55.8 Å². The van der Waals surface area contributed by atoms with Crippen molar-refractivity contribution in [2.45, 2.75) is 10.7 Å². The molecule has 0 unspecified atom stereocenters. The molecule has 25 heavy (non-hydrogen) atoms. The van der Waals surface area contributed by atoms with E-state index in [9.17, 15) is 18.4 Å². The summed E-state index contributed by atoms with van der Waals surface area (Å²) >= 11 is 0.385. The largest absolute Gasteiger partial charge is 0.465 e. The molecule has 0 saturated heterocycles. The van der Waals surface area contributed by atoms with E-state index in [-0.39, 0.29) is 11.3 Å². The number of allylic oxidation sites excluding steroid dienone is 2. The van der Waals surface area contributed by atoms with Gasteiger partial charge in [-0.15, -0.1) is 0 Å². The minimum Gasteiger partial charge on any atom is -0.465 e. The van der Waals surface area contributed by atoms with Crippen LogP contribution in [-0.2, 0) is 19.1 Å². The first-order chi connectivity index (χ1) is 12.0. The maximum absolute atomic E-state index is 12.6. The number of rotatable bonds is 5. The third kappa shape index (κ3) is 4.48. The zero-order chi connectivity index (χ0) is 18.4. The van der Waals surface area contributed by atoms with E-state index in [0.717, 1.165) is 0 Å². The van der Waals surface area contributed by atoms with Crippen molar-refractivity contribution in [3.05, 3.63) is 60.0 Å². The van der Waals surface area contributed by atoms with Gasteiger partial charge in [0, 0.05) is 16.8 Å². The summed E-state index contributed by atoms with van der Waals surface area (Å²) in [6, 6.07) is 6.23. The van der Waals surface area contributed by atoms with Crippen LogP contribution in [0.2, 0.25) is 0 Å². The average molecular weight is 367 g/mol. The van der Waals surface area contributed by atoms with E-state index < -0.39 is 17.7 Å². The molecule has 0 saturated carbocycles. The molecule has 0 aliphatic carbocycles. The fraction of sp³-hybridized carbons (Fsp3) is 0.176. The Morgan fingerprint density at radius 3 is 2.48 bits per heavy atom. The van der Waals surface area contributed by atoms with Gasteiger partial charge in [0.05, 0.1) is 19.8 Å². The van der Waals surface area contributed by atoms with Crippen molar-refractivity contribution in [1.82, 2.24) is 0 Å². The molecule has 0 N–H and O–H groups in total. The molecule has 1 aromatic carbocycles. The van der Waals surface area contributed by atoms with Crippen molar-refractivity contribution in [3.8, 4) is 0 Å². The van der Waals surface area contributed by atoms with Crippen LogP contribution in [0, 0.1) is 0 Å². The second kappa shape index (κ2) is 8.48. The number of ether oxygens (including phenoxy) is 2. The van der Waals surface area contributed by atoms with Crippen LogP contribution in [0.4, 0.5) is 14.5 Å². The number of esters is 2. The number of nitrogens with zero attached hydrogens (tertiary/aromatic N) is 1. The average Bonchev–Trinajstić information content (AvgIpc) is 2.83. The fourth-order valence-corrected chi connectivity index (χ4v) is 2.73. The molecule has 5 nitrogen and oxygen atoms in total. The van der Waals surface area contributed by atoms with Crippen molar-refractivity contribution in [2.75, 3.05) is 19.1 Å². The van der Waals surface area contributed by atoms with E-state index >= 15 is 0 Å². The number of hydrogen-bond donors (Lipinski definition) is 0. The zero-order valence-corrected chi connectivity index (χ0v) is 14.3. The summed E-state index contributed by atoms with van der Waals surface area (Å²) in [5.41, 5.74) is 0.345. The zero-order valence-electron chi connectivity index (χ0n) is 13.4. The van der Waals surface area contributed by atoms with Crippen LogP contribution in [0.5, 0.6) is 0 Å². The van der Waals surface area contributed by atoms with Gasteiger partial charge in [0.2, 0.25) is 0 Å². The quantitative estimate of drug-likeness (QED) is 0.587. The van der Waals surface area contributed by atoms with Crippen LogP contribution in [0.25, 0.3) is 0 Å². The maximum Gasteiger partial charge on any atom is 0.355 e. The summed E-state index contributed by atoms with van der Waals surface area (Å²) in [6.07, 6.45) is 6.12. The molecule has 1 aliphatic rings. The highest BCUT2D eigenvalue weighted by Crippen LogP contribution is 2.31. The number of alkyl halides is 2. The van der Waals surface area contributed by atoms with Crippen LogP contribution in [0.1, 0.15) is 0 Å². The molecule has 0 fully saturated rings. The van der Waals surface area contributed by atoms with Crippen LogP contribution < -0.4 is 4.90 Å². The Bertz CT molecular complexity index is 759. The molecule has 0 bridgehead atoms. The van der Waals surface area contributed by atoms with E-state index in [1.165, 1.54) is 43.5 Å². The first-order valence-corrected chi connectivity index (χ1v) is 7.95. The Kier molecular flexibility index (Phi) is 6.35. The predicted molar refractivity (Wildman–Crippen MR) is 90.1 cm³/mol. The number of halogens is 2. The number of anilines is 1. The Labute approximate surface area is 147 Å². The van der Waals surface area contributed by atoms with Crippen LogP contribution >= 0.6 is 11.8 Å². The highest BCUT2D eigenvalue weighted by molar-refractivity contribution is 7.99. The van der Waals surface area contributed by atoms with Gasteiger partial charge in [0.15, 0.2) is 0 Å². The van der Waals surface area contributed by atoms with Gasteiger partial charge < -0.3 is 14.4 Å². The molecule has 0 amide bonds. The van der Waals surface area contributed by atoms with E-state index in [1.54, 1.807) is 24.3 Å². The first kappa shape index (κ1) is 18.7. The maximum atomic E-state index is 12.6. The third-order valence-corrected chi connectivity index (χ3v) is 3.91. The number of carbonyl (C=O) groups is 2. The lowest BCUT2D eigenvalue weighted by atomic mass is 10.1. The standard InChI is InChI=1S/C17H15F2NO4S/c1-23-15(21)13-8-3-4-9-20(14(13)16(22)24-2)11-6-5-7-12(10-11)25-17(18)19/h3-10,17H,1-2H3. The fourth-order valence-electron chi connectivity index (χ4n) is 2.18. The smallest absolute Gasteiger partial charge is 0.355 e. The Morgan fingerprint density at radius 1 is 1.12 bits per heavy atom. The summed E-state index contributed by atoms with van der Waals surface area (Å²) in [4.78, 5) is 26.0. The molecule has 2 rings (SSSR count). The van der Waals surface area contributed by atoms with Gasteiger partial charge in [-0.3, -0.25) is 0 Å². The second-order valence-corrected chi connectivity index (χ2v) is 5.76. The van der Waals surface area contributed by atoms with Gasteiger partial charge in [-0.1, -0.05) is 23.9 Å². The lowest BCUT2D eigenvalue weighted by molar-refractivity contribution is -0.139. The van der Waals surface area contributed by atoms with E-state index in [4.69, 9.17) is 9.47 Å². The van der Waals surface area contributed by atoms with E-state index in [0.29, 0.717) is 22.3 Å². The molecule has 0 spiro atoms. The SMILES string of the molecule is COC(=O)C1=C(C(=O)OC)N(c2cccc(SC(F)F)c2)C=CC=C1. The molecular weight excluding hydrogens is 352 g/mol. The molecule has 1 aliphatic heterocycles. The van der Waals surface area contributed by atoms with Crippen molar-refractivity contribution in [3.63, 3.8) is 0 Å². The Hall–Kier alpha value is -2.61. The number of hydrogen-bond acceptors (Lipinski definition) is 6. The van der Waals surface area contributed by atoms with Crippen LogP contribution in [0.15, 0.2) is 64.9 Å². The van der Waals surface area contributed by atoms with Crippen molar-refractivity contribution >= 4 is 29.4 Å². The predicted octanol–water partition coefficient (Wildman–Crippen LogP) is 3.49. The normalized spacial score (nSPS) is 13.9. The van der Waals surface area contributed by atoms with Gasteiger partial charge in [0.1, 0.15) is 5.70 Å². The molecular formula is C17H15F2NO4S. The highest BCUT2D eigenvalue weighted by atomic mass is 32.2. The van der Waals surface area contributed by atoms with E-state index in [1.807, 2.05) is 0 Å². The summed E-state index contributed by atoms with van der Waals surface area (Å²) in [7, 11) is 2.38. The van der Waals surface area contributed by atoms with Gasteiger partial charge in [-0.2, -0.15) is 8.78 Å². The summed E-state index contributed by atoms with van der Waals surface area (Å²) in [6.45, 7) is 0. The third-order valence-electron chi connectivity index (χ3n) is 3.21. The lowest BCUT2D eigenvalue weighted by Crippen LogP contribution is -2.26.